The standard InChI is InChI=1S/C30H33N3O5/c1-4-38-27-15-5-22(21-28(27)37-3)6-16-29(34)31-24-9-11-25(12-10-24)32-17-19-33(20-18-32)30(35)23-7-13-26(36-2)14-8-23/h5-16,21H,4,17-20H2,1-3H3,(H,31,34)/b16-6+. The molecule has 0 atom stereocenters. The fourth-order valence-corrected chi connectivity index (χ4v) is 4.26. The smallest absolute Gasteiger partial charge is 0.253 e. The van der Waals surface area contributed by atoms with E-state index >= 15 is 0 Å². The molecule has 0 aromatic heterocycles. The summed E-state index contributed by atoms with van der Waals surface area (Å²) in [4.78, 5) is 29.4. The molecule has 0 bridgehead atoms. The third-order valence-electron chi connectivity index (χ3n) is 6.32. The number of hydrogen-bond acceptors (Lipinski definition) is 6. The summed E-state index contributed by atoms with van der Waals surface area (Å²) in [6, 6.07) is 20.5. The van der Waals surface area contributed by atoms with Gasteiger partial charge < -0.3 is 29.3 Å². The third-order valence-corrected chi connectivity index (χ3v) is 6.32. The first kappa shape index (κ1) is 26.6. The largest absolute Gasteiger partial charge is 0.497 e. The fourth-order valence-electron chi connectivity index (χ4n) is 4.26. The molecule has 0 spiro atoms. The monoisotopic (exact) mass is 515 g/mol. The van der Waals surface area contributed by atoms with E-state index in [0.717, 1.165) is 30.1 Å². The van der Waals surface area contributed by atoms with Gasteiger partial charge in [0.25, 0.3) is 5.91 Å². The van der Waals surface area contributed by atoms with Crippen molar-refractivity contribution >= 4 is 29.3 Å². The minimum Gasteiger partial charge on any atom is -0.497 e. The van der Waals surface area contributed by atoms with Crippen molar-refractivity contribution in [1.29, 1.82) is 0 Å². The van der Waals surface area contributed by atoms with Gasteiger partial charge in [-0.1, -0.05) is 6.07 Å². The van der Waals surface area contributed by atoms with E-state index < -0.39 is 0 Å². The molecule has 1 aliphatic rings. The SMILES string of the molecule is CCOc1ccc(/C=C/C(=O)Nc2ccc(N3CCN(C(=O)c4ccc(OC)cc4)CC3)cc2)cc1OC. The molecule has 1 heterocycles. The lowest BCUT2D eigenvalue weighted by molar-refractivity contribution is -0.111. The van der Waals surface area contributed by atoms with Gasteiger partial charge in [0.2, 0.25) is 5.91 Å². The van der Waals surface area contributed by atoms with Crippen molar-refractivity contribution in [3.63, 3.8) is 0 Å². The van der Waals surface area contributed by atoms with Crippen molar-refractivity contribution in [2.45, 2.75) is 6.92 Å². The van der Waals surface area contributed by atoms with Gasteiger partial charge in [-0.05, 0) is 79.2 Å². The van der Waals surface area contributed by atoms with E-state index in [1.807, 2.05) is 54.3 Å². The summed E-state index contributed by atoms with van der Waals surface area (Å²) in [6.07, 6.45) is 3.22. The topological polar surface area (TPSA) is 80.3 Å². The van der Waals surface area contributed by atoms with Gasteiger partial charge in [0.1, 0.15) is 5.75 Å². The molecule has 3 aromatic carbocycles. The summed E-state index contributed by atoms with van der Waals surface area (Å²) in [6.45, 7) is 5.23. The van der Waals surface area contributed by atoms with Crippen LogP contribution in [0, 0.1) is 0 Å². The van der Waals surface area contributed by atoms with E-state index in [-0.39, 0.29) is 11.8 Å². The Morgan fingerprint density at radius 2 is 1.58 bits per heavy atom. The Bertz CT molecular complexity index is 1260. The highest BCUT2D eigenvalue weighted by atomic mass is 16.5. The number of amides is 2. The van der Waals surface area contributed by atoms with E-state index in [1.54, 1.807) is 44.6 Å². The second kappa shape index (κ2) is 12.7. The van der Waals surface area contributed by atoms with Crippen LogP contribution >= 0.6 is 0 Å². The van der Waals surface area contributed by atoms with E-state index in [1.165, 1.54) is 6.08 Å². The lowest BCUT2D eigenvalue weighted by Gasteiger charge is -2.36. The zero-order valence-corrected chi connectivity index (χ0v) is 22.0. The van der Waals surface area contributed by atoms with Crippen molar-refractivity contribution in [2.75, 3.05) is 57.2 Å². The highest BCUT2D eigenvalue weighted by Gasteiger charge is 2.22. The lowest BCUT2D eigenvalue weighted by atomic mass is 10.1. The number of nitrogens with zero attached hydrogens (tertiary/aromatic N) is 2. The molecule has 1 aliphatic heterocycles. The molecule has 0 saturated carbocycles. The summed E-state index contributed by atoms with van der Waals surface area (Å²) >= 11 is 0. The van der Waals surface area contributed by atoms with Crippen LogP contribution in [0.5, 0.6) is 17.2 Å². The minimum absolute atomic E-state index is 0.0297. The average Bonchev–Trinajstić information content (AvgIpc) is 2.97. The molecule has 1 N–H and O–H groups in total. The number of anilines is 2. The summed E-state index contributed by atoms with van der Waals surface area (Å²) < 4.78 is 16.1. The maximum absolute atomic E-state index is 12.8. The van der Waals surface area contributed by atoms with E-state index in [0.29, 0.717) is 42.4 Å². The number of piperazine rings is 1. The number of nitrogens with one attached hydrogen (secondary N) is 1. The number of ether oxygens (including phenoxy) is 3. The summed E-state index contributed by atoms with van der Waals surface area (Å²) in [5, 5.41) is 2.89. The predicted molar refractivity (Wildman–Crippen MR) is 149 cm³/mol. The molecule has 1 fully saturated rings. The Balaban J connectivity index is 1.28. The molecule has 198 valence electrons. The second-order valence-electron chi connectivity index (χ2n) is 8.72. The molecule has 0 radical (unpaired) electrons. The summed E-state index contributed by atoms with van der Waals surface area (Å²) in [5.41, 5.74) is 3.26. The van der Waals surface area contributed by atoms with Gasteiger partial charge in [0, 0.05) is 49.2 Å². The van der Waals surface area contributed by atoms with Crippen LogP contribution in [0.3, 0.4) is 0 Å². The number of benzene rings is 3. The van der Waals surface area contributed by atoms with E-state index in [9.17, 15) is 9.59 Å². The summed E-state index contributed by atoms with van der Waals surface area (Å²) in [5.74, 6) is 1.83. The summed E-state index contributed by atoms with van der Waals surface area (Å²) in [7, 11) is 3.19. The van der Waals surface area contributed by atoms with Crippen LogP contribution in [-0.4, -0.2) is 63.7 Å². The Labute approximate surface area is 223 Å². The number of carbonyl (C=O) groups is 2. The first-order valence-corrected chi connectivity index (χ1v) is 12.6. The van der Waals surface area contributed by atoms with E-state index in [2.05, 4.69) is 10.2 Å². The maximum Gasteiger partial charge on any atom is 0.253 e. The quantitative estimate of drug-likeness (QED) is 0.416. The molecule has 3 aromatic rings. The number of carbonyl (C=O) groups excluding carboxylic acids is 2. The lowest BCUT2D eigenvalue weighted by Crippen LogP contribution is -2.48. The molecule has 8 heteroatoms. The zero-order valence-electron chi connectivity index (χ0n) is 22.0. The number of hydrogen-bond donors (Lipinski definition) is 1. The van der Waals surface area contributed by atoms with Gasteiger partial charge >= 0.3 is 0 Å². The van der Waals surface area contributed by atoms with Gasteiger partial charge in [-0.25, -0.2) is 0 Å². The van der Waals surface area contributed by atoms with Crippen molar-refractivity contribution in [2.24, 2.45) is 0 Å². The molecule has 2 amide bonds. The molecular formula is C30H33N3O5. The molecule has 8 nitrogen and oxygen atoms in total. The van der Waals surface area contributed by atoms with Crippen LogP contribution in [-0.2, 0) is 4.79 Å². The molecule has 4 rings (SSSR count). The van der Waals surface area contributed by atoms with Crippen LogP contribution in [0.15, 0.2) is 72.8 Å². The Morgan fingerprint density at radius 3 is 2.21 bits per heavy atom. The Kier molecular flexibility index (Phi) is 8.87. The van der Waals surface area contributed by atoms with Gasteiger partial charge in [-0.15, -0.1) is 0 Å². The zero-order chi connectivity index (χ0) is 26.9. The molecule has 38 heavy (non-hydrogen) atoms. The molecule has 0 unspecified atom stereocenters. The first-order chi connectivity index (χ1) is 18.5. The maximum atomic E-state index is 12.8. The van der Waals surface area contributed by atoms with Gasteiger partial charge in [-0.2, -0.15) is 0 Å². The van der Waals surface area contributed by atoms with Crippen molar-refractivity contribution in [1.82, 2.24) is 4.90 Å². The Morgan fingerprint density at radius 1 is 0.868 bits per heavy atom. The van der Waals surface area contributed by atoms with Crippen molar-refractivity contribution in [3.05, 3.63) is 83.9 Å². The van der Waals surface area contributed by atoms with E-state index in [4.69, 9.17) is 14.2 Å². The number of rotatable bonds is 9. The van der Waals surface area contributed by atoms with Gasteiger partial charge in [0.15, 0.2) is 11.5 Å². The van der Waals surface area contributed by atoms with Crippen molar-refractivity contribution in [3.8, 4) is 17.2 Å². The molecule has 0 aliphatic carbocycles. The highest BCUT2D eigenvalue weighted by Crippen LogP contribution is 2.28. The Hall–Kier alpha value is -4.46. The molecule has 1 saturated heterocycles. The normalized spacial score (nSPS) is 13.3. The predicted octanol–water partition coefficient (Wildman–Crippen LogP) is 4.72. The van der Waals surface area contributed by atoms with Crippen LogP contribution in [0.25, 0.3) is 6.08 Å². The fraction of sp³-hybridized carbons (Fsp3) is 0.267. The van der Waals surface area contributed by atoms with Crippen LogP contribution in [0.4, 0.5) is 11.4 Å². The molecular weight excluding hydrogens is 482 g/mol. The van der Waals surface area contributed by atoms with Crippen LogP contribution in [0.1, 0.15) is 22.8 Å². The highest BCUT2D eigenvalue weighted by molar-refractivity contribution is 6.02. The van der Waals surface area contributed by atoms with Gasteiger partial charge in [0.05, 0.1) is 20.8 Å². The van der Waals surface area contributed by atoms with Gasteiger partial charge in [-0.3, -0.25) is 9.59 Å². The number of methoxy groups -OCH3 is 2. The van der Waals surface area contributed by atoms with Crippen molar-refractivity contribution < 1.29 is 23.8 Å². The minimum atomic E-state index is -0.226. The average molecular weight is 516 g/mol. The second-order valence-corrected chi connectivity index (χ2v) is 8.72. The van der Waals surface area contributed by atoms with Crippen LogP contribution in [0.2, 0.25) is 0 Å². The third kappa shape index (κ3) is 6.64. The van der Waals surface area contributed by atoms with Crippen LogP contribution < -0.4 is 24.4 Å². The first-order valence-electron chi connectivity index (χ1n) is 12.6.